The first-order valence-electron chi connectivity index (χ1n) is 2.81. The second-order valence-corrected chi connectivity index (χ2v) is 2.59. The Kier molecular flexibility index (Phi) is 2.89. The van der Waals surface area contributed by atoms with E-state index in [1.165, 1.54) is 6.47 Å². The normalized spacial score (nSPS) is 9.20. The summed E-state index contributed by atoms with van der Waals surface area (Å²) in [6.07, 6.45) is 2.41. The molecule has 0 fully saturated rings. The van der Waals surface area contributed by atoms with Gasteiger partial charge in [-0.25, -0.2) is 9.78 Å². The van der Waals surface area contributed by atoms with Crippen LogP contribution in [0.25, 0.3) is 0 Å². The van der Waals surface area contributed by atoms with Crippen LogP contribution in [0.15, 0.2) is 11.6 Å². The monoisotopic (exact) mass is 156 g/mol. The maximum absolute atomic E-state index is 9.57. The van der Waals surface area contributed by atoms with Crippen molar-refractivity contribution in [3.05, 3.63) is 16.6 Å². The molecule has 0 aliphatic carbocycles. The van der Waals surface area contributed by atoms with Gasteiger partial charge in [0.1, 0.15) is 0 Å². The molecule has 0 unspecified atom stereocenters. The summed E-state index contributed by atoms with van der Waals surface area (Å²) in [5, 5.41) is 2.87. The summed E-state index contributed by atoms with van der Waals surface area (Å²) in [6, 6.07) is 0. The third-order valence-corrected chi connectivity index (χ3v) is 1.80. The van der Waals surface area contributed by atoms with Gasteiger partial charge >= 0.3 is 6.47 Å². The molecule has 0 amide bonds. The molecule has 1 heterocycles. The first-order chi connectivity index (χ1) is 4.93. The van der Waals surface area contributed by atoms with Crippen LogP contribution in [0, 0.1) is 0 Å². The quantitative estimate of drug-likeness (QED) is 0.604. The summed E-state index contributed by atoms with van der Waals surface area (Å²) in [5.41, 5.74) is 0. The van der Waals surface area contributed by atoms with Gasteiger partial charge in [0, 0.05) is 18.0 Å². The molecule has 0 saturated heterocycles. The molecule has 0 atom stereocenters. The van der Waals surface area contributed by atoms with Gasteiger partial charge < -0.3 is 4.74 Å². The van der Waals surface area contributed by atoms with Gasteiger partial charge in [0.05, 0.1) is 11.6 Å². The number of nitrogens with zero attached hydrogens (tertiary/aromatic N) is 1. The van der Waals surface area contributed by atoms with Gasteiger partial charge in [-0.3, -0.25) is 0 Å². The molecule has 1 rings (SSSR count). The third-order valence-electron chi connectivity index (χ3n) is 0.960. The van der Waals surface area contributed by atoms with Crippen molar-refractivity contribution < 1.29 is 9.53 Å². The lowest BCUT2D eigenvalue weighted by atomic mass is 10.5. The van der Waals surface area contributed by atoms with Crippen molar-refractivity contribution in [2.45, 2.75) is 6.42 Å². The Labute approximate surface area is 62.7 Å². The van der Waals surface area contributed by atoms with Crippen LogP contribution in [0.5, 0.6) is 0 Å². The lowest BCUT2D eigenvalue weighted by Crippen LogP contribution is -1.95. The van der Waals surface area contributed by atoms with E-state index < -0.39 is 0 Å². The van der Waals surface area contributed by atoms with Crippen LogP contribution >= 0.6 is 11.3 Å². The highest BCUT2D eigenvalue weighted by Gasteiger charge is 1.93. The fraction of sp³-hybridized carbons (Fsp3) is 0.333. The Morgan fingerprint density at radius 2 is 2.70 bits per heavy atom. The van der Waals surface area contributed by atoms with Crippen molar-refractivity contribution in [2.75, 3.05) is 6.61 Å². The van der Waals surface area contributed by atoms with Crippen LogP contribution in [0.1, 0.15) is 5.01 Å². The van der Waals surface area contributed by atoms with E-state index >= 15 is 0 Å². The summed E-state index contributed by atoms with van der Waals surface area (Å²) in [6.45, 7) is 1.73. The summed E-state index contributed by atoms with van der Waals surface area (Å²) in [4.78, 5) is 13.6. The van der Waals surface area contributed by atoms with Gasteiger partial charge in [-0.05, 0) is 0 Å². The zero-order chi connectivity index (χ0) is 7.23. The van der Waals surface area contributed by atoms with Crippen molar-refractivity contribution in [3.63, 3.8) is 0 Å². The fourth-order valence-corrected chi connectivity index (χ4v) is 1.16. The van der Waals surface area contributed by atoms with Crippen molar-refractivity contribution >= 4 is 17.8 Å². The van der Waals surface area contributed by atoms with E-state index in [0.717, 1.165) is 5.01 Å². The number of thiazole rings is 1. The van der Waals surface area contributed by atoms with E-state index in [1.807, 2.05) is 5.38 Å². The Morgan fingerprint density at radius 1 is 1.80 bits per heavy atom. The van der Waals surface area contributed by atoms with Gasteiger partial charge in [0.25, 0.3) is 0 Å². The van der Waals surface area contributed by atoms with Crippen molar-refractivity contribution in [1.29, 1.82) is 0 Å². The molecule has 10 heavy (non-hydrogen) atoms. The largest absolute Gasteiger partial charge is 0.457 e. The van der Waals surface area contributed by atoms with E-state index in [-0.39, 0.29) is 0 Å². The molecule has 0 aromatic carbocycles. The standard InChI is InChI=1S/C6H6NO2S/c8-5-9-3-1-6-7-2-4-10-6/h2,4H,1,3H2. The summed E-state index contributed by atoms with van der Waals surface area (Å²) in [7, 11) is 0. The predicted molar refractivity (Wildman–Crippen MR) is 37.5 cm³/mol. The number of ether oxygens (including phenoxy) is 1. The molecule has 1 aromatic heterocycles. The Hall–Kier alpha value is -0.900. The predicted octanol–water partition coefficient (Wildman–Crippen LogP) is 0.769. The molecule has 1 aromatic rings. The minimum atomic E-state index is 0.372. The highest BCUT2D eigenvalue weighted by atomic mass is 32.1. The van der Waals surface area contributed by atoms with Gasteiger partial charge in [-0.15, -0.1) is 11.3 Å². The van der Waals surface area contributed by atoms with E-state index in [2.05, 4.69) is 9.72 Å². The fourth-order valence-electron chi connectivity index (χ4n) is 0.556. The number of rotatable bonds is 4. The van der Waals surface area contributed by atoms with Crippen LogP contribution in [-0.4, -0.2) is 18.1 Å². The molecule has 3 nitrogen and oxygen atoms in total. The minimum Gasteiger partial charge on any atom is -0.457 e. The first-order valence-corrected chi connectivity index (χ1v) is 3.69. The zero-order valence-electron chi connectivity index (χ0n) is 5.24. The highest BCUT2D eigenvalue weighted by Crippen LogP contribution is 2.03. The molecular weight excluding hydrogens is 150 g/mol. The molecular formula is C6H6NO2S. The average molecular weight is 156 g/mol. The molecule has 4 heteroatoms. The smallest absolute Gasteiger partial charge is 0.417 e. The molecule has 1 radical (unpaired) electrons. The van der Waals surface area contributed by atoms with Crippen LogP contribution in [-0.2, 0) is 16.0 Å². The first kappa shape index (κ1) is 7.21. The van der Waals surface area contributed by atoms with E-state index in [0.29, 0.717) is 13.0 Å². The average Bonchev–Trinajstić information content (AvgIpc) is 2.41. The minimum absolute atomic E-state index is 0.372. The summed E-state index contributed by atoms with van der Waals surface area (Å²) >= 11 is 1.55. The second kappa shape index (κ2) is 4.00. The molecule has 0 spiro atoms. The van der Waals surface area contributed by atoms with Crippen molar-refractivity contribution in [3.8, 4) is 0 Å². The van der Waals surface area contributed by atoms with Crippen LogP contribution in [0.3, 0.4) is 0 Å². The SMILES string of the molecule is O=[C]OCCc1nccs1. The van der Waals surface area contributed by atoms with Gasteiger partial charge in [0.2, 0.25) is 0 Å². The Balaban J connectivity index is 2.21. The molecule has 53 valence electrons. The van der Waals surface area contributed by atoms with Crippen LogP contribution < -0.4 is 0 Å². The summed E-state index contributed by atoms with van der Waals surface area (Å²) in [5.74, 6) is 0. The molecule has 0 aliphatic heterocycles. The van der Waals surface area contributed by atoms with E-state index in [1.54, 1.807) is 17.5 Å². The Morgan fingerprint density at radius 3 is 3.30 bits per heavy atom. The number of hydrogen-bond acceptors (Lipinski definition) is 4. The Bertz CT molecular complexity index is 186. The maximum atomic E-state index is 9.57. The summed E-state index contributed by atoms with van der Waals surface area (Å²) < 4.78 is 4.37. The molecule has 0 saturated carbocycles. The topological polar surface area (TPSA) is 39.2 Å². The van der Waals surface area contributed by atoms with Gasteiger partial charge in [0.15, 0.2) is 0 Å². The van der Waals surface area contributed by atoms with E-state index in [4.69, 9.17) is 0 Å². The number of hydrogen-bond donors (Lipinski definition) is 0. The number of aromatic nitrogens is 1. The van der Waals surface area contributed by atoms with Crippen LogP contribution in [0.4, 0.5) is 0 Å². The zero-order valence-corrected chi connectivity index (χ0v) is 6.06. The van der Waals surface area contributed by atoms with Gasteiger partial charge in [-0.1, -0.05) is 0 Å². The van der Waals surface area contributed by atoms with Crippen molar-refractivity contribution in [1.82, 2.24) is 4.98 Å². The third kappa shape index (κ3) is 2.14. The van der Waals surface area contributed by atoms with E-state index in [9.17, 15) is 4.79 Å². The molecule has 0 N–H and O–H groups in total. The molecule has 0 aliphatic rings. The van der Waals surface area contributed by atoms with Crippen molar-refractivity contribution in [2.24, 2.45) is 0 Å². The maximum Gasteiger partial charge on any atom is 0.417 e. The number of carbonyl (C=O) groups excluding carboxylic acids is 1. The lowest BCUT2D eigenvalue weighted by Gasteiger charge is -1.91. The lowest BCUT2D eigenvalue weighted by molar-refractivity contribution is 0.281. The van der Waals surface area contributed by atoms with Gasteiger partial charge in [-0.2, -0.15) is 0 Å². The van der Waals surface area contributed by atoms with Crippen LogP contribution in [0.2, 0.25) is 0 Å². The second-order valence-electron chi connectivity index (χ2n) is 1.61. The highest BCUT2D eigenvalue weighted by molar-refractivity contribution is 7.09. The molecule has 0 bridgehead atoms.